The summed E-state index contributed by atoms with van der Waals surface area (Å²) in [6, 6.07) is 5.20. The van der Waals surface area contributed by atoms with Crippen LogP contribution in [0.25, 0.3) is 0 Å². The third-order valence-electron chi connectivity index (χ3n) is 2.13. The maximum Gasteiger partial charge on any atom is 0.126 e. The first-order chi connectivity index (χ1) is 7.09. The fourth-order valence-electron chi connectivity index (χ4n) is 1.19. The van der Waals surface area contributed by atoms with E-state index in [0.29, 0.717) is 24.4 Å². The van der Waals surface area contributed by atoms with Crippen LogP contribution in [0.3, 0.4) is 0 Å². The molecule has 1 N–H and O–H groups in total. The Labute approximate surface area is 92.3 Å². The van der Waals surface area contributed by atoms with Crippen LogP contribution in [0.2, 0.25) is 0 Å². The van der Waals surface area contributed by atoms with E-state index in [4.69, 9.17) is 0 Å². The van der Waals surface area contributed by atoms with Gasteiger partial charge in [-0.3, -0.25) is 4.21 Å². The van der Waals surface area contributed by atoms with E-state index >= 15 is 0 Å². The number of rotatable bonds is 5. The third-order valence-corrected chi connectivity index (χ3v) is 2.91. The summed E-state index contributed by atoms with van der Waals surface area (Å²) < 4.78 is 23.9. The second kappa shape index (κ2) is 5.98. The van der Waals surface area contributed by atoms with Gasteiger partial charge in [-0.1, -0.05) is 12.1 Å². The molecule has 0 fully saturated rings. The molecule has 84 valence electrons. The minimum absolute atomic E-state index is 0.173. The van der Waals surface area contributed by atoms with E-state index in [1.54, 1.807) is 19.2 Å². The van der Waals surface area contributed by atoms with E-state index in [1.165, 1.54) is 6.07 Å². The van der Waals surface area contributed by atoms with Crippen molar-refractivity contribution in [1.29, 1.82) is 0 Å². The van der Waals surface area contributed by atoms with Crippen LogP contribution in [0.15, 0.2) is 18.2 Å². The first kappa shape index (κ1) is 12.3. The second-order valence-corrected chi connectivity index (χ2v) is 5.09. The largest absolute Gasteiger partial charge is 0.312 e. The molecule has 0 radical (unpaired) electrons. The van der Waals surface area contributed by atoms with Gasteiger partial charge in [-0.05, 0) is 24.1 Å². The Morgan fingerprint density at radius 2 is 2.20 bits per heavy atom. The van der Waals surface area contributed by atoms with Crippen LogP contribution in [0, 0.1) is 12.7 Å². The van der Waals surface area contributed by atoms with Gasteiger partial charge in [-0.25, -0.2) is 4.39 Å². The van der Waals surface area contributed by atoms with E-state index in [2.05, 4.69) is 5.32 Å². The standard InChI is InChI=1S/C11H16FNOS/c1-9-3-4-10(7-11(9)12)8-13-5-6-15(2)14/h3-4,7,13H,5-6,8H2,1-2H3. The van der Waals surface area contributed by atoms with Crippen molar-refractivity contribution in [2.24, 2.45) is 0 Å². The van der Waals surface area contributed by atoms with Gasteiger partial charge in [0.1, 0.15) is 5.82 Å². The maximum absolute atomic E-state index is 13.1. The highest BCUT2D eigenvalue weighted by Gasteiger charge is 1.99. The van der Waals surface area contributed by atoms with Gasteiger partial charge in [-0.15, -0.1) is 0 Å². The van der Waals surface area contributed by atoms with Gasteiger partial charge in [0.15, 0.2) is 0 Å². The van der Waals surface area contributed by atoms with Crippen LogP contribution >= 0.6 is 0 Å². The van der Waals surface area contributed by atoms with Gasteiger partial charge in [0, 0.05) is 35.9 Å². The number of nitrogens with one attached hydrogen (secondary N) is 1. The molecule has 0 aliphatic rings. The Morgan fingerprint density at radius 1 is 1.47 bits per heavy atom. The molecule has 0 aliphatic heterocycles. The van der Waals surface area contributed by atoms with E-state index in [-0.39, 0.29) is 5.82 Å². The number of aryl methyl sites for hydroxylation is 1. The Bertz CT molecular complexity index is 354. The van der Waals surface area contributed by atoms with Crippen molar-refractivity contribution in [2.45, 2.75) is 13.5 Å². The summed E-state index contributed by atoms with van der Waals surface area (Å²) in [6.45, 7) is 3.06. The van der Waals surface area contributed by atoms with Crippen molar-refractivity contribution >= 4 is 10.8 Å². The van der Waals surface area contributed by atoms with Crippen molar-refractivity contribution < 1.29 is 8.60 Å². The molecule has 2 nitrogen and oxygen atoms in total. The summed E-state index contributed by atoms with van der Waals surface area (Å²) in [4.78, 5) is 0. The summed E-state index contributed by atoms with van der Waals surface area (Å²) >= 11 is 0. The lowest BCUT2D eigenvalue weighted by Gasteiger charge is -2.05. The van der Waals surface area contributed by atoms with Crippen LogP contribution < -0.4 is 5.32 Å². The fraction of sp³-hybridized carbons (Fsp3) is 0.455. The normalized spacial score (nSPS) is 12.7. The van der Waals surface area contributed by atoms with Crippen molar-refractivity contribution in [3.8, 4) is 0 Å². The predicted molar refractivity (Wildman–Crippen MR) is 61.8 cm³/mol. The van der Waals surface area contributed by atoms with Gasteiger partial charge < -0.3 is 5.32 Å². The van der Waals surface area contributed by atoms with Crippen LogP contribution in [0.5, 0.6) is 0 Å². The average Bonchev–Trinajstić information content (AvgIpc) is 2.18. The second-order valence-electron chi connectivity index (χ2n) is 3.54. The van der Waals surface area contributed by atoms with Crippen LogP contribution in [0.1, 0.15) is 11.1 Å². The highest BCUT2D eigenvalue weighted by atomic mass is 32.2. The molecule has 4 heteroatoms. The molecule has 0 bridgehead atoms. The first-order valence-electron chi connectivity index (χ1n) is 4.85. The molecule has 15 heavy (non-hydrogen) atoms. The Hall–Kier alpha value is -0.740. The summed E-state index contributed by atoms with van der Waals surface area (Å²) in [6.07, 6.45) is 1.67. The smallest absolute Gasteiger partial charge is 0.126 e. The SMILES string of the molecule is Cc1ccc(CNCCS(C)=O)cc1F. The Balaban J connectivity index is 2.38. The zero-order valence-corrected chi connectivity index (χ0v) is 9.86. The summed E-state index contributed by atoms with van der Waals surface area (Å²) in [5.41, 5.74) is 1.58. The average molecular weight is 229 g/mol. The van der Waals surface area contributed by atoms with Crippen molar-refractivity contribution in [1.82, 2.24) is 5.32 Å². The quantitative estimate of drug-likeness (QED) is 0.777. The molecule has 0 amide bonds. The van der Waals surface area contributed by atoms with E-state index < -0.39 is 10.8 Å². The number of halogens is 1. The van der Waals surface area contributed by atoms with Gasteiger partial charge >= 0.3 is 0 Å². The topological polar surface area (TPSA) is 29.1 Å². The Kier molecular flexibility index (Phi) is 4.91. The molecule has 0 heterocycles. The Morgan fingerprint density at radius 3 is 2.80 bits per heavy atom. The molecule has 1 rings (SSSR count). The minimum atomic E-state index is -0.768. The highest BCUT2D eigenvalue weighted by molar-refractivity contribution is 7.84. The van der Waals surface area contributed by atoms with E-state index in [0.717, 1.165) is 5.56 Å². The molecular formula is C11H16FNOS. The van der Waals surface area contributed by atoms with Crippen molar-refractivity contribution in [3.05, 3.63) is 35.1 Å². The van der Waals surface area contributed by atoms with Crippen LogP contribution in [-0.4, -0.2) is 22.8 Å². The van der Waals surface area contributed by atoms with Crippen LogP contribution in [0.4, 0.5) is 4.39 Å². The lowest BCUT2D eigenvalue weighted by Crippen LogP contribution is -2.19. The molecule has 1 aromatic rings. The first-order valence-corrected chi connectivity index (χ1v) is 6.58. The lowest BCUT2D eigenvalue weighted by molar-refractivity contribution is 0.612. The summed E-state index contributed by atoms with van der Waals surface area (Å²) in [5, 5.41) is 3.12. The molecule has 0 spiro atoms. The molecule has 0 aliphatic carbocycles. The molecule has 0 saturated carbocycles. The van der Waals surface area contributed by atoms with Crippen molar-refractivity contribution in [3.63, 3.8) is 0 Å². The molecule has 1 atom stereocenters. The van der Waals surface area contributed by atoms with Crippen molar-refractivity contribution in [2.75, 3.05) is 18.6 Å². The maximum atomic E-state index is 13.1. The van der Waals surface area contributed by atoms with E-state index in [1.807, 2.05) is 6.07 Å². The predicted octanol–water partition coefficient (Wildman–Crippen LogP) is 1.60. The molecule has 1 unspecified atom stereocenters. The molecule has 0 aromatic heterocycles. The van der Waals surface area contributed by atoms with Gasteiger partial charge in [0.05, 0.1) is 0 Å². The fourth-order valence-corrected chi connectivity index (χ4v) is 1.63. The summed E-state index contributed by atoms with van der Waals surface area (Å²) in [5.74, 6) is 0.460. The monoisotopic (exact) mass is 229 g/mol. The van der Waals surface area contributed by atoms with E-state index in [9.17, 15) is 8.60 Å². The highest BCUT2D eigenvalue weighted by Crippen LogP contribution is 2.08. The number of benzene rings is 1. The third kappa shape index (κ3) is 4.53. The van der Waals surface area contributed by atoms with Gasteiger partial charge in [-0.2, -0.15) is 0 Å². The summed E-state index contributed by atoms with van der Waals surface area (Å²) in [7, 11) is -0.768. The van der Waals surface area contributed by atoms with Crippen LogP contribution in [-0.2, 0) is 17.3 Å². The minimum Gasteiger partial charge on any atom is -0.312 e. The zero-order valence-electron chi connectivity index (χ0n) is 9.05. The molecule has 0 saturated heterocycles. The molecular weight excluding hydrogens is 213 g/mol. The number of hydrogen-bond donors (Lipinski definition) is 1. The molecule has 1 aromatic carbocycles. The van der Waals surface area contributed by atoms with Gasteiger partial charge in [0.25, 0.3) is 0 Å². The lowest BCUT2D eigenvalue weighted by atomic mass is 10.1. The number of hydrogen-bond acceptors (Lipinski definition) is 2. The van der Waals surface area contributed by atoms with Gasteiger partial charge in [0.2, 0.25) is 0 Å². The zero-order chi connectivity index (χ0) is 11.3.